The molecule has 2 aromatic rings. The predicted molar refractivity (Wildman–Crippen MR) is 140 cm³/mol. The minimum absolute atomic E-state index is 0. The van der Waals surface area contributed by atoms with Crippen molar-refractivity contribution in [1.82, 2.24) is 19.8 Å². The fourth-order valence-corrected chi connectivity index (χ4v) is 6.28. The van der Waals surface area contributed by atoms with E-state index in [1.54, 1.807) is 6.07 Å². The molecule has 2 bridgehead atoms. The Hall–Kier alpha value is -2.61. The number of aliphatic imine (C=N–C) groups is 1. The molecule has 1 aromatic carbocycles. The first kappa shape index (κ1) is 24.5. The summed E-state index contributed by atoms with van der Waals surface area (Å²) in [5.74, 6) is 2.93. The number of H-pyrrole nitrogens is 1. The van der Waals surface area contributed by atoms with Gasteiger partial charge in [-0.3, -0.25) is 9.36 Å². The number of anilines is 1. The normalized spacial score (nSPS) is 30.4. The van der Waals surface area contributed by atoms with Crippen LogP contribution < -0.4 is 21.9 Å². The molecule has 3 N–H and O–H groups in total. The molecule has 5 atom stereocenters. The number of piperazine rings is 1. The van der Waals surface area contributed by atoms with Crippen molar-refractivity contribution in [3.8, 4) is 0 Å². The fraction of sp³-hybridized carbons (Fsp3) is 0.654. The highest BCUT2D eigenvalue weighted by Gasteiger charge is 2.56. The number of benzene rings is 1. The summed E-state index contributed by atoms with van der Waals surface area (Å²) in [5.41, 5.74) is 1.09. The van der Waals surface area contributed by atoms with Gasteiger partial charge in [0.05, 0.1) is 16.9 Å². The molecule has 1 saturated heterocycles. The molecule has 4 aliphatic rings. The Labute approximate surface area is 201 Å². The first-order chi connectivity index (χ1) is 15.6. The smallest absolute Gasteiger partial charge is 0.328 e. The van der Waals surface area contributed by atoms with Crippen molar-refractivity contribution in [2.24, 2.45) is 35.2 Å². The van der Waals surface area contributed by atoms with Crippen molar-refractivity contribution in [1.29, 1.82) is 0 Å². The molecule has 8 nitrogen and oxygen atoms in total. The quantitative estimate of drug-likeness (QED) is 0.465. The predicted octanol–water partition coefficient (Wildman–Crippen LogP) is 3.00. The van der Waals surface area contributed by atoms with E-state index in [4.69, 9.17) is 4.99 Å². The lowest BCUT2D eigenvalue weighted by atomic mass is 9.45. The third kappa shape index (κ3) is 4.06. The van der Waals surface area contributed by atoms with Crippen LogP contribution in [0.2, 0.25) is 0 Å². The van der Waals surface area contributed by atoms with Gasteiger partial charge in [-0.25, -0.2) is 9.79 Å². The number of aromatic nitrogens is 2. The van der Waals surface area contributed by atoms with E-state index in [0.29, 0.717) is 34.3 Å². The average Bonchev–Trinajstić information content (AvgIpc) is 2.77. The molecule has 0 amide bonds. The molecule has 3 aliphatic carbocycles. The van der Waals surface area contributed by atoms with E-state index in [9.17, 15) is 9.59 Å². The number of hydrogen-bond donors (Lipinski definition) is 3. The van der Waals surface area contributed by atoms with E-state index >= 15 is 0 Å². The highest BCUT2D eigenvalue weighted by Crippen LogP contribution is 2.61. The molecule has 0 radical (unpaired) electrons. The monoisotopic (exact) mass is 468 g/mol. The Kier molecular flexibility index (Phi) is 6.40. The van der Waals surface area contributed by atoms with Gasteiger partial charge in [0.1, 0.15) is 0 Å². The molecular weight excluding hydrogens is 428 g/mol. The molecule has 2 heterocycles. The first-order valence-electron chi connectivity index (χ1n) is 12.2. The van der Waals surface area contributed by atoms with Crippen LogP contribution >= 0.6 is 0 Å². The van der Waals surface area contributed by atoms with Crippen LogP contribution in [0.5, 0.6) is 0 Å². The number of rotatable bonds is 2. The molecule has 34 heavy (non-hydrogen) atoms. The van der Waals surface area contributed by atoms with Gasteiger partial charge in [0, 0.05) is 38.4 Å². The maximum atomic E-state index is 12.4. The second-order valence-electron chi connectivity index (χ2n) is 11.0. The van der Waals surface area contributed by atoms with Gasteiger partial charge in [-0.1, -0.05) is 28.2 Å². The van der Waals surface area contributed by atoms with Crippen LogP contribution in [0.3, 0.4) is 0 Å². The minimum Gasteiger partial charge on any atom is -0.340 e. The lowest BCUT2D eigenvalue weighted by Crippen LogP contribution is -2.57. The van der Waals surface area contributed by atoms with Gasteiger partial charge >= 0.3 is 5.69 Å². The zero-order chi connectivity index (χ0) is 23.5. The van der Waals surface area contributed by atoms with Gasteiger partial charge in [0.25, 0.3) is 5.56 Å². The zero-order valence-electron chi connectivity index (χ0n) is 20.3. The van der Waals surface area contributed by atoms with E-state index in [-0.39, 0.29) is 13.0 Å². The fourth-order valence-electron chi connectivity index (χ4n) is 6.28. The van der Waals surface area contributed by atoms with Gasteiger partial charge in [0.2, 0.25) is 0 Å². The largest absolute Gasteiger partial charge is 0.340 e. The van der Waals surface area contributed by atoms with Crippen molar-refractivity contribution in [2.75, 3.05) is 25.0 Å². The molecule has 8 heteroatoms. The van der Waals surface area contributed by atoms with Crippen LogP contribution in [-0.2, 0) is 7.05 Å². The van der Waals surface area contributed by atoms with Gasteiger partial charge in [-0.05, 0) is 61.1 Å². The summed E-state index contributed by atoms with van der Waals surface area (Å²) in [6, 6.07) is 6.20. The van der Waals surface area contributed by atoms with Crippen LogP contribution in [0.15, 0.2) is 32.8 Å². The van der Waals surface area contributed by atoms with Crippen molar-refractivity contribution < 1.29 is 0 Å². The number of aromatic amines is 1. The van der Waals surface area contributed by atoms with Crippen molar-refractivity contribution >= 4 is 22.5 Å². The van der Waals surface area contributed by atoms with Gasteiger partial charge < -0.3 is 20.5 Å². The van der Waals surface area contributed by atoms with Crippen molar-refractivity contribution in [3.05, 3.63) is 39.0 Å². The summed E-state index contributed by atoms with van der Waals surface area (Å²) in [6.07, 6.45) is 2.47. The van der Waals surface area contributed by atoms with Crippen molar-refractivity contribution in [2.45, 2.75) is 60.0 Å². The Balaban J connectivity index is 0.00000274. The number of guanidine groups is 1. The van der Waals surface area contributed by atoms with Crippen LogP contribution in [-0.4, -0.2) is 52.1 Å². The van der Waals surface area contributed by atoms with Crippen LogP contribution in [0.25, 0.3) is 10.9 Å². The van der Waals surface area contributed by atoms with Gasteiger partial charge in [-0.2, -0.15) is 0 Å². The summed E-state index contributed by atoms with van der Waals surface area (Å²) >= 11 is 0. The zero-order valence-corrected chi connectivity index (χ0v) is 20.3. The standard InChI is InChI=1S/C25H36N6O2.CH4/c1-14-13-31(9-8-26-14)23(28-20-11-16-10-19(15(20)2)25(16,3)4)27-17-6-7-18-21(12-17)29-24(33)30(5)22(18)32;/h6-7,12,14-16,19-20,26H,8-11,13H2,1-5H3,(H,27,28)(H,29,33);1H4/t14-,15-,16+,19-,20-;/m0./s1. The third-order valence-corrected chi connectivity index (χ3v) is 8.63. The van der Waals surface area contributed by atoms with Crippen LogP contribution in [0.4, 0.5) is 5.69 Å². The molecule has 4 fully saturated rings. The molecule has 1 aromatic heterocycles. The lowest BCUT2D eigenvalue weighted by Gasteiger charge is -2.61. The molecular formula is C26H40N6O2. The third-order valence-electron chi connectivity index (χ3n) is 8.63. The summed E-state index contributed by atoms with van der Waals surface area (Å²) < 4.78 is 1.10. The van der Waals surface area contributed by atoms with Crippen LogP contribution in [0, 0.1) is 23.2 Å². The highest BCUT2D eigenvalue weighted by molar-refractivity contribution is 5.96. The SMILES string of the molecule is C.C[C@@H]1[C@@H](N=C(Nc2ccc3c(=O)n(C)c(=O)[nH]c3c2)N2CCN[C@@H](C)C2)C[C@H]2C[C@@H]1C2(C)C. The number of hydrogen-bond acceptors (Lipinski definition) is 4. The van der Waals surface area contributed by atoms with Gasteiger partial charge in [-0.15, -0.1) is 0 Å². The summed E-state index contributed by atoms with van der Waals surface area (Å²) in [5, 5.41) is 7.56. The summed E-state index contributed by atoms with van der Waals surface area (Å²) in [7, 11) is 1.49. The number of fused-ring (bicyclic) bond motifs is 3. The molecule has 0 spiro atoms. The molecule has 6 rings (SSSR count). The average molecular weight is 469 g/mol. The Bertz CT molecular complexity index is 1210. The number of nitrogens with zero attached hydrogens (tertiary/aromatic N) is 3. The first-order valence-corrected chi connectivity index (χ1v) is 12.2. The van der Waals surface area contributed by atoms with Gasteiger partial charge in [0.15, 0.2) is 5.96 Å². The molecule has 3 saturated carbocycles. The Morgan fingerprint density at radius 3 is 2.65 bits per heavy atom. The van der Waals surface area contributed by atoms with E-state index in [1.807, 2.05) is 12.1 Å². The second kappa shape index (κ2) is 8.87. The van der Waals surface area contributed by atoms with Crippen molar-refractivity contribution in [3.63, 3.8) is 0 Å². The topological polar surface area (TPSA) is 94.5 Å². The summed E-state index contributed by atoms with van der Waals surface area (Å²) in [6.45, 7) is 12.1. The van der Waals surface area contributed by atoms with E-state index in [2.05, 4.69) is 48.2 Å². The summed E-state index contributed by atoms with van der Waals surface area (Å²) in [4.78, 5) is 35.0. The number of nitrogens with one attached hydrogen (secondary N) is 3. The molecule has 1 aliphatic heterocycles. The van der Waals surface area contributed by atoms with Crippen LogP contribution in [0.1, 0.15) is 48.0 Å². The Morgan fingerprint density at radius 1 is 1.21 bits per heavy atom. The lowest BCUT2D eigenvalue weighted by molar-refractivity contribution is -0.108. The van der Waals surface area contributed by atoms with E-state index in [1.165, 1.54) is 13.5 Å². The van der Waals surface area contributed by atoms with E-state index in [0.717, 1.165) is 54.1 Å². The highest BCUT2D eigenvalue weighted by atomic mass is 16.2. The Morgan fingerprint density at radius 2 is 1.97 bits per heavy atom. The maximum absolute atomic E-state index is 12.4. The minimum atomic E-state index is -0.410. The van der Waals surface area contributed by atoms with E-state index < -0.39 is 5.69 Å². The maximum Gasteiger partial charge on any atom is 0.328 e. The molecule has 0 unspecified atom stereocenters. The molecule has 186 valence electrons. The second-order valence-corrected chi connectivity index (χ2v) is 11.0.